The SMILES string of the molecule is COc1cccc2c1CCC[C@H]2CN(C)CCc1ccc2c(c1)NC(=O)C2. The molecular weight excluding hydrogens is 336 g/mol. The number of methoxy groups -OCH3 is 1. The Kier molecular flexibility index (Phi) is 5.17. The van der Waals surface area contributed by atoms with Crippen LogP contribution < -0.4 is 10.1 Å². The molecule has 0 saturated carbocycles. The van der Waals surface area contributed by atoms with Crippen LogP contribution in [0.5, 0.6) is 5.75 Å². The van der Waals surface area contributed by atoms with Gasteiger partial charge in [0.2, 0.25) is 5.91 Å². The van der Waals surface area contributed by atoms with Crippen LogP contribution in [0.2, 0.25) is 0 Å². The van der Waals surface area contributed by atoms with Crippen molar-refractivity contribution >= 4 is 11.6 Å². The minimum Gasteiger partial charge on any atom is -0.496 e. The first-order valence-corrected chi connectivity index (χ1v) is 9.90. The molecule has 1 aliphatic heterocycles. The summed E-state index contributed by atoms with van der Waals surface area (Å²) >= 11 is 0. The molecule has 0 radical (unpaired) electrons. The van der Waals surface area contributed by atoms with Crippen LogP contribution in [0.1, 0.15) is 41.0 Å². The second kappa shape index (κ2) is 7.73. The van der Waals surface area contributed by atoms with Gasteiger partial charge in [0.25, 0.3) is 0 Å². The van der Waals surface area contributed by atoms with E-state index in [4.69, 9.17) is 4.74 Å². The highest BCUT2D eigenvalue weighted by molar-refractivity contribution is 5.99. The number of amides is 1. The summed E-state index contributed by atoms with van der Waals surface area (Å²) in [6, 6.07) is 12.9. The van der Waals surface area contributed by atoms with Crippen LogP contribution in [0.15, 0.2) is 36.4 Å². The number of benzene rings is 2. The van der Waals surface area contributed by atoms with Crippen LogP contribution in [0, 0.1) is 0 Å². The Balaban J connectivity index is 1.38. The van der Waals surface area contributed by atoms with Crippen molar-refractivity contribution in [2.24, 2.45) is 0 Å². The van der Waals surface area contributed by atoms with E-state index in [1.165, 1.54) is 29.5 Å². The number of anilines is 1. The molecule has 0 aromatic heterocycles. The number of hydrogen-bond donors (Lipinski definition) is 1. The molecule has 2 aromatic carbocycles. The predicted octanol–water partition coefficient (Wildman–Crippen LogP) is 3.78. The second-order valence-electron chi connectivity index (χ2n) is 7.85. The first-order chi connectivity index (χ1) is 13.1. The Morgan fingerprint density at radius 3 is 3.00 bits per heavy atom. The number of carbonyl (C=O) groups excluding carboxylic acids is 1. The highest BCUT2D eigenvalue weighted by atomic mass is 16.5. The van der Waals surface area contributed by atoms with E-state index in [-0.39, 0.29) is 5.91 Å². The number of nitrogens with zero attached hydrogens (tertiary/aromatic N) is 1. The molecule has 0 unspecified atom stereocenters. The van der Waals surface area contributed by atoms with Gasteiger partial charge in [-0.25, -0.2) is 0 Å². The largest absolute Gasteiger partial charge is 0.496 e. The first-order valence-electron chi connectivity index (χ1n) is 9.90. The fraction of sp³-hybridized carbons (Fsp3) is 0.435. The van der Waals surface area contributed by atoms with Crippen LogP contribution in [0.4, 0.5) is 5.69 Å². The van der Waals surface area contributed by atoms with Gasteiger partial charge in [-0.2, -0.15) is 0 Å². The summed E-state index contributed by atoms with van der Waals surface area (Å²) in [7, 11) is 3.98. The highest BCUT2D eigenvalue weighted by Gasteiger charge is 2.24. The fourth-order valence-corrected chi connectivity index (χ4v) is 4.50. The van der Waals surface area contributed by atoms with Crippen molar-refractivity contribution in [2.75, 3.05) is 32.6 Å². The quantitative estimate of drug-likeness (QED) is 0.848. The molecule has 0 spiro atoms. The molecule has 1 N–H and O–H groups in total. The lowest BCUT2D eigenvalue weighted by atomic mass is 9.82. The van der Waals surface area contributed by atoms with Crippen LogP contribution in [0.25, 0.3) is 0 Å². The summed E-state index contributed by atoms with van der Waals surface area (Å²) in [5.41, 5.74) is 6.26. The summed E-state index contributed by atoms with van der Waals surface area (Å²) in [5.74, 6) is 1.72. The molecule has 4 heteroatoms. The van der Waals surface area contributed by atoms with Crippen molar-refractivity contribution in [3.63, 3.8) is 0 Å². The zero-order chi connectivity index (χ0) is 18.8. The lowest BCUT2D eigenvalue weighted by Crippen LogP contribution is -2.28. The zero-order valence-corrected chi connectivity index (χ0v) is 16.3. The number of carbonyl (C=O) groups is 1. The van der Waals surface area contributed by atoms with E-state index in [1.54, 1.807) is 7.11 Å². The molecule has 4 nitrogen and oxygen atoms in total. The number of ether oxygens (including phenoxy) is 1. The predicted molar refractivity (Wildman–Crippen MR) is 109 cm³/mol. The molecule has 2 aliphatic rings. The molecule has 1 amide bonds. The fourth-order valence-electron chi connectivity index (χ4n) is 4.50. The van der Waals surface area contributed by atoms with Gasteiger partial charge in [0.05, 0.1) is 13.5 Å². The number of fused-ring (bicyclic) bond motifs is 2. The molecule has 142 valence electrons. The maximum absolute atomic E-state index is 11.5. The number of rotatable bonds is 6. The van der Waals surface area contributed by atoms with Gasteiger partial charge >= 0.3 is 0 Å². The lowest BCUT2D eigenvalue weighted by molar-refractivity contribution is -0.115. The molecule has 1 heterocycles. The Hall–Kier alpha value is -2.33. The standard InChI is InChI=1S/C23H28N2O2/c1-25(12-11-16-9-10-17-14-23(26)24-21(17)13-16)15-18-5-3-7-20-19(18)6-4-8-22(20)27-2/h4,6,8-10,13,18H,3,5,7,11-12,14-15H2,1-2H3,(H,24,26)/t18-/m0/s1. The maximum Gasteiger partial charge on any atom is 0.228 e. The van der Waals surface area contributed by atoms with Crippen molar-refractivity contribution < 1.29 is 9.53 Å². The molecule has 2 aromatic rings. The third kappa shape index (κ3) is 3.86. The molecule has 27 heavy (non-hydrogen) atoms. The van der Waals surface area contributed by atoms with Gasteiger partial charge in [0.15, 0.2) is 0 Å². The van der Waals surface area contributed by atoms with Crippen LogP contribution in [0.3, 0.4) is 0 Å². The van der Waals surface area contributed by atoms with Crippen molar-refractivity contribution in [2.45, 2.75) is 38.0 Å². The van der Waals surface area contributed by atoms with Gasteiger partial charge in [0, 0.05) is 18.8 Å². The van der Waals surface area contributed by atoms with E-state index in [0.717, 1.165) is 42.9 Å². The third-order valence-corrected chi connectivity index (χ3v) is 5.92. The van der Waals surface area contributed by atoms with Gasteiger partial charge in [-0.3, -0.25) is 4.79 Å². The molecule has 0 fully saturated rings. The Morgan fingerprint density at radius 1 is 1.26 bits per heavy atom. The summed E-state index contributed by atoms with van der Waals surface area (Å²) in [4.78, 5) is 14.0. The van der Waals surface area contributed by atoms with Crippen LogP contribution >= 0.6 is 0 Å². The normalized spacial score (nSPS) is 18.2. The average molecular weight is 364 g/mol. The molecule has 0 saturated heterocycles. The van der Waals surface area contributed by atoms with Crippen molar-refractivity contribution in [1.82, 2.24) is 4.90 Å². The molecule has 1 aliphatic carbocycles. The first kappa shape index (κ1) is 18.1. The summed E-state index contributed by atoms with van der Waals surface area (Å²) in [6.45, 7) is 2.09. The van der Waals surface area contributed by atoms with Gasteiger partial charge in [0.1, 0.15) is 5.75 Å². The van der Waals surface area contributed by atoms with Crippen molar-refractivity contribution in [3.05, 3.63) is 58.7 Å². The van der Waals surface area contributed by atoms with Crippen molar-refractivity contribution in [1.29, 1.82) is 0 Å². The van der Waals surface area contributed by atoms with E-state index in [1.807, 2.05) is 0 Å². The molecule has 4 rings (SSSR count). The minimum atomic E-state index is 0.102. The number of nitrogens with one attached hydrogen (secondary N) is 1. The average Bonchev–Trinajstić information content (AvgIpc) is 3.05. The molecule has 1 atom stereocenters. The monoisotopic (exact) mass is 364 g/mol. The maximum atomic E-state index is 11.5. The number of hydrogen-bond acceptors (Lipinski definition) is 3. The van der Waals surface area contributed by atoms with Gasteiger partial charge in [-0.15, -0.1) is 0 Å². The van der Waals surface area contributed by atoms with E-state index < -0.39 is 0 Å². The Labute approximate surface area is 161 Å². The Morgan fingerprint density at radius 2 is 2.15 bits per heavy atom. The molecular formula is C23H28N2O2. The van der Waals surface area contributed by atoms with Gasteiger partial charge < -0.3 is 15.0 Å². The van der Waals surface area contributed by atoms with Crippen molar-refractivity contribution in [3.8, 4) is 5.75 Å². The van der Waals surface area contributed by atoms with Crippen LogP contribution in [-0.4, -0.2) is 38.1 Å². The lowest BCUT2D eigenvalue weighted by Gasteiger charge is -2.30. The topological polar surface area (TPSA) is 41.6 Å². The van der Waals surface area contributed by atoms with E-state index in [0.29, 0.717) is 12.3 Å². The summed E-state index contributed by atoms with van der Waals surface area (Å²) in [6.07, 6.45) is 5.11. The Bertz CT molecular complexity index is 846. The van der Waals surface area contributed by atoms with Gasteiger partial charge in [-0.05, 0) is 73.0 Å². The van der Waals surface area contributed by atoms with Gasteiger partial charge in [-0.1, -0.05) is 24.3 Å². The van der Waals surface area contributed by atoms with Crippen LogP contribution in [-0.2, 0) is 24.1 Å². The number of likely N-dealkylation sites (N-methyl/N-ethyl adjacent to an activating group) is 1. The summed E-state index contributed by atoms with van der Waals surface area (Å²) in [5, 5.41) is 2.95. The highest BCUT2D eigenvalue weighted by Crippen LogP contribution is 2.37. The third-order valence-electron chi connectivity index (χ3n) is 5.92. The van der Waals surface area contributed by atoms with E-state index in [9.17, 15) is 4.79 Å². The zero-order valence-electron chi connectivity index (χ0n) is 16.3. The molecule has 0 bridgehead atoms. The minimum absolute atomic E-state index is 0.102. The second-order valence-corrected chi connectivity index (χ2v) is 7.85. The smallest absolute Gasteiger partial charge is 0.228 e. The van der Waals surface area contributed by atoms with E-state index in [2.05, 4.69) is 53.7 Å². The van der Waals surface area contributed by atoms with E-state index >= 15 is 0 Å². The summed E-state index contributed by atoms with van der Waals surface area (Å²) < 4.78 is 5.57.